The van der Waals surface area contributed by atoms with Crippen molar-refractivity contribution in [2.75, 3.05) is 13.2 Å². The first-order valence-corrected chi connectivity index (χ1v) is 10.3. The molecule has 1 heterocycles. The number of aromatic amines is 1. The quantitative estimate of drug-likeness (QED) is 0.298. The Labute approximate surface area is 172 Å². The van der Waals surface area contributed by atoms with Gasteiger partial charge in [-0.25, -0.2) is 13.4 Å². The second-order valence-corrected chi connectivity index (χ2v) is 8.10. The lowest BCUT2D eigenvalue weighted by molar-refractivity contribution is -0.141. The maximum atomic E-state index is 12.2. The van der Waals surface area contributed by atoms with E-state index in [2.05, 4.69) is 14.7 Å². The number of aliphatic hydroxyl groups excluding tert-OH is 1. The van der Waals surface area contributed by atoms with Gasteiger partial charge in [0.05, 0.1) is 15.9 Å². The SMILES string of the molecule is Cc1ccc(S(=O)(=O)NCC(=O)OCC(O)=C(C#N)c2nc3ccccc3[nH]2)cc1. The van der Waals surface area contributed by atoms with Crippen molar-refractivity contribution in [2.24, 2.45) is 0 Å². The Morgan fingerprint density at radius 2 is 1.93 bits per heavy atom. The summed E-state index contributed by atoms with van der Waals surface area (Å²) in [5.41, 5.74) is 2.00. The summed E-state index contributed by atoms with van der Waals surface area (Å²) in [6, 6.07) is 15.0. The van der Waals surface area contributed by atoms with E-state index in [0.29, 0.717) is 11.0 Å². The standard InChI is InChI=1S/C20H18N4O5S/c1-13-6-8-14(9-7-13)30(27,28)22-11-19(26)29-12-18(25)15(10-21)20-23-16-4-2-3-5-17(16)24-20/h2-9,22,25H,11-12H2,1H3,(H,23,24). The van der Waals surface area contributed by atoms with Crippen LogP contribution in [0.3, 0.4) is 0 Å². The number of fused-ring (bicyclic) bond motifs is 1. The number of nitrogens with zero attached hydrogens (tertiary/aromatic N) is 2. The zero-order chi connectivity index (χ0) is 21.7. The Hall–Kier alpha value is -3.68. The third-order valence-electron chi connectivity index (χ3n) is 4.13. The number of para-hydroxylation sites is 2. The fourth-order valence-electron chi connectivity index (χ4n) is 2.55. The number of aliphatic hydroxyl groups is 1. The molecule has 0 bridgehead atoms. The summed E-state index contributed by atoms with van der Waals surface area (Å²) < 4.78 is 31.3. The number of allylic oxidation sites excluding steroid dienone is 1. The van der Waals surface area contributed by atoms with Gasteiger partial charge in [0.1, 0.15) is 24.8 Å². The number of esters is 1. The third kappa shape index (κ3) is 4.83. The fraction of sp³-hybridized carbons (Fsp3) is 0.150. The summed E-state index contributed by atoms with van der Waals surface area (Å²) in [5.74, 6) is -1.29. The van der Waals surface area contributed by atoms with E-state index >= 15 is 0 Å². The van der Waals surface area contributed by atoms with Gasteiger partial charge in [0, 0.05) is 0 Å². The predicted molar refractivity (Wildman–Crippen MR) is 109 cm³/mol. The molecule has 0 saturated heterocycles. The van der Waals surface area contributed by atoms with Gasteiger partial charge >= 0.3 is 5.97 Å². The minimum absolute atomic E-state index is 0.0142. The number of aryl methyl sites for hydroxylation is 1. The van der Waals surface area contributed by atoms with Crippen LogP contribution in [-0.2, 0) is 19.6 Å². The van der Waals surface area contributed by atoms with Gasteiger partial charge in [0.15, 0.2) is 11.6 Å². The summed E-state index contributed by atoms with van der Waals surface area (Å²) in [5, 5.41) is 19.5. The molecule has 0 unspecified atom stereocenters. The highest BCUT2D eigenvalue weighted by molar-refractivity contribution is 7.89. The average Bonchev–Trinajstić information content (AvgIpc) is 3.15. The van der Waals surface area contributed by atoms with Crippen molar-refractivity contribution in [3.05, 3.63) is 65.7 Å². The zero-order valence-electron chi connectivity index (χ0n) is 15.9. The molecule has 0 atom stereocenters. The number of benzene rings is 2. The molecule has 10 heteroatoms. The first-order valence-electron chi connectivity index (χ1n) is 8.79. The van der Waals surface area contributed by atoms with Gasteiger partial charge in [-0.15, -0.1) is 0 Å². The number of rotatable bonds is 7. The van der Waals surface area contributed by atoms with Crippen molar-refractivity contribution in [1.82, 2.24) is 14.7 Å². The molecule has 0 aliphatic carbocycles. The van der Waals surface area contributed by atoms with Gasteiger partial charge < -0.3 is 14.8 Å². The molecule has 1 aromatic heterocycles. The topological polar surface area (TPSA) is 145 Å². The van der Waals surface area contributed by atoms with Gasteiger partial charge in [-0.2, -0.15) is 9.98 Å². The Bertz CT molecular complexity index is 1220. The molecule has 30 heavy (non-hydrogen) atoms. The Kier molecular flexibility index (Phi) is 6.15. The van der Waals surface area contributed by atoms with Crippen LogP contribution in [0.2, 0.25) is 0 Å². The van der Waals surface area contributed by atoms with Crippen molar-refractivity contribution in [3.63, 3.8) is 0 Å². The lowest BCUT2D eigenvalue weighted by Crippen LogP contribution is -2.31. The maximum absolute atomic E-state index is 12.2. The van der Waals surface area contributed by atoms with Crippen LogP contribution in [0.25, 0.3) is 16.6 Å². The summed E-state index contributed by atoms with van der Waals surface area (Å²) in [7, 11) is -3.88. The normalized spacial score (nSPS) is 12.3. The second kappa shape index (κ2) is 8.77. The van der Waals surface area contributed by atoms with Crippen LogP contribution in [0.4, 0.5) is 0 Å². The minimum atomic E-state index is -3.88. The van der Waals surface area contributed by atoms with Crippen molar-refractivity contribution >= 4 is 32.6 Å². The molecule has 3 rings (SSSR count). The van der Waals surface area contributed by atoms with Crippen LogP contribution in [0.5, 0.6) is 0 Å². The van der Waals surface area contributed by atoms with E-state index in [1.54, 1.807) is 36.4 Å². The lowest BCUT2D eigenvalue weighted by Gasteiger charge is -2.08. The number of imidazole rings is 1. The van der Waals surface area contributed by atoms with E-state index in [1.807, 2.05) is 13.0 Å². The molecule has 0 aliphatic heterocycles. The molecule has 154 valence electrons. The molecule has 0 fully saturated rings. The van der Waals surface area contributed by atoms with Crippen LogP contribution < -0.4 is 4.72 Å². The Balaban J connectivity index is 1.62. The first kappa shape index (κ1) is 21.0. The summed E-state index contributed by atoms with van der Waals surface area (Å²) in [6.45, 7) is 0.586. The van der Waals surface area contributed by atoms with E-state index in [4.69, 9.17) is 4.74 Å². The van der Waals surface area contributed by atoms with Crippen molar-refractivity contribution < 1.29 is 23.1 Å². The third-order valence-corrected chi connectivity index (χ3v) is 5.55. The molecule has 0 saturated carbocycles. The number of carbonyl (C=O) groups excluding carboxylic acids is 1. The number of H-pyrrole nitrogens is 1. The van der Waals surface area contributed by atoms with Crippen LogP contribution in [0.1, 0.15) is 11.4 Å². The van der Waals surface area contributed by atoms with Crippen LogP contribution in [0, 0.1) is 18.3 Å². The predicted octanol–water partition coefficient (Wildman–Crippen LogP) is 2.19. The monoisotopic (exact) mass is 426 g/mol. The van der Waals surface area contributed by atoms with Gasteiger partial charge in [-0.3, -0.25) is 4.79 Å². The smallest absolute Gasteiger partial charge is 0.321 e. The molecular formula is C20H18N4O5S. The summed E-state index contributed by atoms with van der Waals surface area (Å²) in [6.07, 6.45) is 0. The summed E-state index contributed by atoms with van der Waals surface area (Å²) >= 11 is 0. The van der Waals surface area contributed by atoms with Crippen molar-refractivity contribution in [2.45, 2.75) is 11.8 Å². The molecule has 3 aromatic rings. The van der Waals surface area contributed by atoms with Crippen LogP contribution >= 0.6 is 0 Å². The lowest BCUT2D eigenvalue weighted by atomic mass is 10.2. The van der Waals surface area contributed by atoms with E-state index in [9.17, 15) is 23.6 Å². The van der Waals surface area contributed by atoms with Gasteiger partial charge in [-0.05, 0) is 31.2 Å². The number of nitriles is 1. The number of ether oxygens (including phenoxy) is 1. The van der Waals surface area contributed by atoms with Crippen molar-refractivity contribution in [1.29, 1.82) is 5.26 Å². The molecule has 0 amide bonds. The highest BCUT2D eigenvalue weighted by Gasteiger charge is 2.18. The number of nitrogens with one attached hydrogen (secondary N) is 2. The van der Waals surface area contributed by atoms with Gasteiger partial charge in [0.2, 0.25) is 10.0 Å². The van der Waals surface area contributed by atoms with E-state index < -0.39 is 34.9 Å². The highest BCUT2D eigenvalue weighted by atomic mass is 32.2. The van der Waals surface area contributed by atoms with E-state index in [0.717, 1.165) is 5.56 Å². The number of hydrogen-bond donors (Lipinski definition) is 3. The fourth-order valence-corrected chi connectivity index (χ4v) is 3.52. The zero-order valence-corrected chi connectivity index (χ0v) is 16.7. The van der Waals surface area contributed by atoms with Gasteiger partial charge in [-0.1, -0.05) is 29.8 Å². The number of hydrogen-bond acceptors (Lipinski definition) is 7. The maximum Gasteiger partial charge on any atom is 0.321 e. The molecule has 0 spiro atoms. The highest BCUT2D eigenvalue weighted by Crippen LogP contribution is 2.18. The molecular weight excluding hydrogens is 408 g/mol. The Morgan fingerprint density at radius 1 is 1.23 bits per heavy atom. The second-order valence-electron chi connectivity index (χ2n) is 6.33. The molecule has 0 radical (unpaired) electrons. The molecule has 2 aromatic carbocycles. The van der Waals surface area contributed by atoms with Gasteiger partial charge in [0.25, 0.3) is 0 Å². The molecule has 3 N–H and O–H groups in total. The largest absolute Gasteiger partial charge is 0.507 e. The summed E-state index contributed by atoms with van der Waals surface area (Å²) in [4.78, 5) is 19.0. The number of carbonyl (C=O) groups is 1. The number of aromatic nitrogens is 2. The van der Waals surface area contributed by atoms with E-state index in [-0.39, 0.29) is 16.3 Å². The average molecular weight is 426 g/mol. The molecule has 0 aliphatic rings. The Morgan fingerprint density at radius 3 is 2.60 bits per heavy atom. The first-order chi connectivity index (χ1) is 14.3. The molecule has 9 nitrogen and oxygen atoms in total. The minimum Gasteiger partial charge on any atom is -0.507 e. The van der Waals surface area contributed by atoms with Crippen molar-refractivity contribution in [3.8, 4) is 6.07 Å². The van der Waals surface area contributed by atoms with Crippen LogP contribution in [-0.4, -0.2) is 42.6 Å². The number of sulfonamides is 1. The van der Waals surface area contributed by atoms with E-state index in [1.165, 1.54) is 12.1 Å². The van der Waals surface area contributed by atoms with Crippen LogP contribution in [0.15, 0.2) is 59.2 Å².